The third-order valence-electron chi connectivity index (χ3n) is 15.1. The standard InChI is InChI=1S/C12H17Cl2N2O7P.C12H21N2O15P3.C12H19N2O14P3.C12H18N2O6.C2H6/c1-2-3-16-4-6(11(19)15-12(16)20)10-9(18)8(17)7(23-10)5-22-24(13,14)21;1-2-3-14-4-6(11(17)13-12(14)18)10-9(16)8(15)7(27-10)5-26-31(22,23)29-32(24,25)28-30(19,20)21;1-2-3-14-4-6(11(17)13-12(14)18)10-9(16)8(15)7(25-10)5-24-31(23)27-29(19,20)26-30(21,22)28-31;1-2-3-14-4-6(11(18)13-12(14)19)10-9(17)8(16)7(5-15)20-10;1-2/h4,7-10,17-18H,2-3,5H2,1H3,(H,15,19,20);4,7-10,15-16H,2-3,5H2,1H3,(H,22,23)(H,24,25)(H,13,17,18)(H2,19,20,21);4,7-10,15-16H,2-3,5H2,1H3,(H,19,20)(H,21,22)(H,13,17,18);4,7-10,15-17H,2-3,5H2,1H3,(H,13,18,19);1-2H3/t4*7-,8+,9?,10+;/m1111./s1. The number of H-pyrrole nitrogens is 4. The van der Waals surface area contributed by atoms with E-state index in [1.165, 1.54) is 26.1 Å². The molecule has 0 bridgehead atoms. The fraction of sp³-hybridized carbons (Fsp3) is 0.680. The first kappa shape index (κ1) is 95.4. The molecule has 50 nitrogen and oxygen atoms in total. The van der Waals surface area contributed by atoms with Crippen molar-refractivity contribution in [2.24, 2.45) is 0 Å². The predicted octanol–water partition coefficient (Wildman–Crippen LogP) is -2.21. The summed E-state index contributed by atoms with van der Waals surface area (Å²) in [5.41, 5.74) is -6.07. The lowest BCUT2D eigenvalue weighted by Gasteiger charge is -2.27. The average molecular weight is 1750 g/mol. The smallest absolute Gasteiger partial charge is 0.394 e. The van der Waals surface area contributed by atoms with Crippen molar-refractivity contribution in [3.05, 3.63) is 130 Å². The van der Waals surface area contributed by atoms with Gasteiger partial charge in [-0.25, -0.2) is 46.6 Å². The van der Waals surface area contributed by atoms with Crippen molar-refractivity contribution in [2.75, 3.05) is 26.4 Å². The number of nitrogens with one attached hydrogen (secondary N) is 4. The molecule has 9 heterocycles. The molecule has 20 atom stereocenters. The van der Waals surface area contributed by atoms with Crippen molar-refractivity contribution in [2.45, 2.75) is 191 Å². The Balaban J connectivity index is 0.000000262. The van der Waals surface area contributed by atoms with Crippen LogP contribution in [-0.2, 0) is 112 Å². The number of aliphatic hydroxyl groups excluding tert-OH is 9. The summed E-state index contributed by atoms with van der Waals surface area (Å²) < 4.78 is 139. The van der Waals surface area contributed by atoms with Gasteiger partial charge in [0.25, 0.3) is 22.2 Å². The summed E-state index contributed by atoms with van der Waals surface area (Å²) in [5.74, 6) is 0. The molecule has 59 heteroatoms. The first-order chi connectivity index (χ1) is 50.4. The fourth-order valence-electron chi connectivity index (χ4n) is 10.4. The van der Waals surface area contributed by atoms with E-state index in [4.69, 9.17) is 61.2 Å². The van der Waals surface area contributed by atoms with Crippen molar-refractivity contribution < 1.29 is 161 Å². The van der Waals surface area contributed by atoms with Crippen LogP contribution in [0.15, 0.2) is 63.1 Å². The number of phosphoric acid groups is 6. The molecule has 4 aromatic rings. The Kier molecular flexibility index (Phi) is 34.9. The lowest BCUT2D eigenvalue weighted by molar-refractivity contribution is -0.0237. The van der Waals surface area contributed by atoms with E-state index in [1.807, 2.05) is 32.7 Å². The van der Waals surface area contributed by atoms with E-state index in [0.717, 1.165) is 17.0 Å². The molecule has 0 spiro atoms. The molecule has 0 aliphatic carbocycles. The molecule has 5 saturated heterocycles. The van der Waals surface area contributed by atoms with Crippen molar-refractivity contribution in [3.63, 3.8) is 0 Å². The van der Waals surface area contributed by atoms with Crippen LogP contribution in [0.1, 0.15) is 114 Å². The number of ether oxygens (including phenoxy) is 4. The number of nitrogens with zero attached hydrogens (tertiary/aromatic N) is 4. The molecule has 0 amide bonds. The molecule has 19 N–H and O–H groups in total. The highest BCUT2D eigenvalue weighted by Crippen LogP contribution is 2.80. The zero-order valence-electron chi connectivity index (χ0n) is 57.4. The predicted molar refractivity (Wildman–Crippen MR) is 365 cm³/mol. The van der Waals surface area contributed by atoms with E-state index in [1.54, 1.807) is 13.8 Å². The number of phosphoric ester groups is 1. The minimum absolute atomic E-state index is 0.0166. The molecule has 5 aliphatic heterocycles. The molecule has 109 heavy (non-hydrogen) atoms. The van der Waals surface area contributed by atoms with Gasteiger partial charge >= 0.3 is 75.8 Å². The Hall–Kier alpha value is -4.17. The van der Waals surface area contributed by atoms with Gasteiger partial charge in [-0.1, -0.05) is 41.5 Å². The van der Waals surface area contributed by atoms with Crippen LogP contribution in [0.2, 0.25) is 0 Å². The Morgan fingerprint density at radius 3 is 0.972 bits per heavy atom. The summed E-state index contributed by atoms with van der Waals surface area (Å²) >= 11 is 10.5. The van der Waals surface area contributed by atoms with Crippen LogP contribution in [0.3, 0.4) is 0 Å². The van der Waals surface area contributed by atoms with E-state index in [0.29, 0.717) is 38.8 Å². The van der Waals surface area contributed by atoms with Gasteiger partial charge in [0, 0.05) is 51.0 Å². The number of rotatable bonds is 26. The largest absolute Gasteiger partial charge is 0.492 e. The van der Waals surface area contributed by atoms with Gasteiger partial charge in [-0.15, -0.1) is 0 Å². The highest BCUT2D eigenvalue weighted by molar-refractivity contribution is 8.05. The Morgan fingerprint density at radius 1 is 0.431 bits per heavy atom. The van der Waals surface area contributed by atoms with Gasteiger partial charge in [0.1, 0.15) is 97.7 Å². The van der Waals surface area contributed by atoms with E-state index >= 15 is 0 Å². The second-order valence-electron chi connectivity index (χ2n) is 23.2. The quantitative estimate of drug-likeness (QED) is 0.0296. The molecule has 4 aromatic heterocycles. The maximum Gasteiger partial charge on any atom is 0.492 e. The van der Waals surface area contributed by atoms with Crippen molar-refractivity contribution in [1.82, 2.24) is 38.2 Å². The van der Waals surface area contributed by atoms with Crippen LogP contribution in [0, 0.1) is 0 Å². The number of halogens is 2. The van der Waals surface area contributed by atoms with Crippen LogP contribution in [0.4, 0.5) is 0 Å². The summed E-state index contributed by atoms with van der Waals surface area (Å²) in [7, 11) is -32.4. The fourth-order valence-corrected chi connectivity index (χ4v) is 19.0. The molecular formula is C50H81Cl2N8O42P7. The lowest BCUT2D eigenvalue weighted by Crippen LogP contribution is -2.36. The average Bonchev–Trinajstić information content (AvgIpc) is 1.78. The third kappa shape index (κ3) is 26.4. The molecule has 8 unspecified atom stereocenters. The first-order valence-corrected chi connectivity index (χ1v) is 44.3. The topological polar surface area (TPSA) is 753 Å². The SMILES string of the molecule is CC.CCCn1cc([C@@H]2O[C@H](CO)[C@H](O)C2O)c(=O)[nH]c1=O.CCCn1cc([C@@H]2O[C@H](COP(=O)(Cl)Cl)[C@H](O)C2O)c(=O)[nH]c1=O.CCCn1cc([C@@H]2O[C@H](COP(=O)(O)OP(=O)(O)OP(=O)(O)O)[C@H](O)C2O)c(=O)[nH]c1=O.CCCn1cc([C@@H]2O[C@H](COP3(=O)OP(=O)(O)OP(=O)(O)O3)[C@H](O)C2O)c(=O)[nH]c1=O. The van der Waals surface area contributed by atoms with Gasteiger partial charge in [-0.05, 0) is 48.2 Å². The van der Waals surface area contributed by atoms with Gasteiger partial charge in [0.05, 0.1) is 48.7 Å². The molecule has 9 rings (SSSR count). The summed E-state index contributed by atoms with van der Waals surface area (Å²) in [6.45, 7) is 9.67. The van der Waals surface area contributed by atoms with Crippen molar-refractivity contribution in [1.29, 1.82) is 0 Å². The normalized spacial score (nSPS) is 31.3. The minimum atomic E-state index is -5.74. The highest BCUT2D eigenvalue weighted by atomic mass is 35.9. The number of hydrogen-bond donors (Lipinski definition) is 19. The van der Waals surface area contributed by atoms with Gasteiger partial charge in [-0.3, -0.25) is 52.7 Å². The van der Waals surface area contributed by atoms with Gasteiger partial charge in [0.15, 0.2) is 0 Å². The number of aryl methyl sites for hydroxylation is 4. The van der Waals surface area contributed by atoms with E-state index in [-0.39, 0.29) is 35.3 Å². The summed E-state index contributed by atoms with van der Waals surface area (Å²) in [5, 5.41) is 89.5. The second kappa shape index (κ2) is 39.9. The Morgan fingerprint density at radius 2 is 0.706 bits per heavy atom. The number of aromatic nitrogens is 8. The third-order valence-corrected chi connectivity index (χ3v) is 25.3. The highest BCUT2D eigenvalue weighted by Gasteiger charge is 2.56. The number of aromatic amines is 4. The summed E-state index contributed by atoms with van der Waals surface area (Å²) in [6.07, 6.45) is -19.2. The molecule has 0 radical (unpaired) electrons. The zero-order valence-corrected chi connectivity index (χ0v) is 65.2. The van der Waals surface area contributed by atoms with Gasteiger partial charge < -0.3 is 117 Å². The van der Waals surface area contributed by atoms with Crippen LogP contribution in [-0.4, -0.2) is 213 Å². The second-order valence-corrected chi connectivity index (χ2v) is 36.8. The number of aliphatic hydroxyl groups is 9. The Labute approximate surface area is 620 Å². The maximum atomic E-state index is 12.3. The summed E-state index contributed by atoms with van der Waals surface area (Å²) in [4.78, 5) is 157. The van der Waals surface area contributed by atoms with Gasteiger partial charge in [0.2, 0.25) is 0 Å². The Bertz CT molecular complexity index is 4610. The first-order valence-electron chi connectivity index (χ1n) is 31.9. The van der Waals surface area contributed by atoms with Crippen molar-refractivity contribution in [3.8, 4) is 0 Å². The van der Waals surface area contributed by atoms with E-state index in [2.05, 4.69) is 50.1 Å². The van der Waals surface area contributed by atoms with Gasteiger partial charge in [-0.2, -0.15) is 21.6 Å². The molecule has 0 aromatic carbocycles. The van der Waals surface area contributed by atoms with Crippen LogP contribution < -0.4 is 45.0 Å². The molecule has 5 aliphatic rings. The van der Waals surface area contributed by atoms with Crippen LogP contribution in [0.25, 0.3) is 0 Å². The summed E-state index contributed by atoms with van der Waals surface area (Å²) in [6, 6.07) is 0. The lowest BCUT2D eigenvalue weighted by atomic mass is 10.0. The number of hydrogen-bond acceptors (Lipinski definition) is 36. The zero-order chi connectivity index (χ0) is 82.6. The molecular weight excluding hydrogens is 1670 g/mol. The maximum absolute atomic E-state index is 12.3. The molecule has 622 valence electrons. The van der Waals surface area contributed by atoms with E-state index < -0.39 is 222 Å². The molecule has 5 fully saturated rings. The monoisotopic (exact) mass is 1750 g/mol. The van der Waals surface area contributed by atoms with Crippen LogP contribution in [0.5, 0.6) is 0 Å². The minimum Gasteiger partial charge on any atom is -0.394 e. The molecule has 0 saturated carbocycles. The van der Waals surface area contributed by atoms with Crippen molar-refractivity contribution >= 4 is 75.5 Å². The van der Waals surface area contributed by atoms with E-state index in [9.17, 15) is 126 Å². The van der Waals surface area contributed by atoms with Crippen LogP contribution >= 0.6 is 75.5 Å².